The third-order valence-electron chi connectivity index (χ3n) is 2.58. The molecule has 1 rings (SSSR count). The van der Waals surface area contributed by atoms with Crippen molar-refractivity contribution in [2.75, 3.05) is 46.6 Å². The second-order valence-corrected chi connectivity index (χ2v) is 5.08. The first kappa shape index (κ1) is 14.7. The number of hydrogen-bond donors (Lipinski definition) is 1. The smallest absolute Gasteiger partial charge is 0.230 e. The number of nitrogens with zero attached hydrogens (tertiary/aromatic N) is 2. The molecule has 4 heteroatoms. The van der Waals surface area contributed by atoms with Crippen molar-refractivity contribution in [3.8, 4) is 0 Å². The normalized spacial score (nSPS) is 11.3. The van der Waals surface area contributed by atoms with E-state index < -0.39 is 0 Å². The van der Waals surface area contributed by atoms with Gasteiger partial charge in [0.05, 0.1) is 5.92 Å². The minimum atomic E-state index is -0.0322. The number of hydrogen-bond acceptors (Lipinski definition) is 3. The van der Waals surface area contributed by atoms with Crippen molar-refractivity contribution in [1.82, 2.24) is 9.80 Å². The van der Waals surface area contributed by atoms with E-state index in [0.717, 1.165) is 18.8 Å². The second kappa shape index (κ2) is 7.13. The first-order valence-electron chi connectivity index (χ1n) is 6.14. The minimum Gasteiger partial charge on any atom is -0.326 e. The van der Waals surface area contributed by atoms with E-state index in [1.165, 1.54) is 0 Å². The average Bonchev–Trinajstić information content (AvgIpc) is 2.28. The molecule has 0 bridgehead atoms. The van der Waals surface area contributed by atoms with E-state index in [1.54, 1.807) is 0 Å². The summed E-state index contributed by atoms with van der Waals surface area (Å²) in [6.45, 7) is 1.49. The number of benzene rings is 1. The lowest BCUT2D eigenvalue weighted by atomic mass is 10.1. The molecule has 0 unspecified atom stereocenters. The minimum absolute atomic E-state index is 0.0322. The van der Waals surface area contributed by atoms with Crippen LogP contribution in [0.2, 0.25) is 0 Å². The Balaban J connectivity index is 2.64. The lowest BCUT2D eigenvalue weighted by Gasteiger charge is -2.23. The van der Waals surface area contributed by atoms with Gasteiger partial charge in [-0.1, -0.05) is 18.2 Å². The Morgan fingerprint density at radius 1 is 1.06 bits per heavy atom. The monoisotopic (exact) mass is 249 g/mol. The van der Waals surface area contributed by atoms with Gasteiger partial charge in [-0.3, -0.25) is 4.79 Å². The third kappa shape index (κ3) is 5.29. The molecule has 1 aromatic carbocycles. The van der Waals surface area contributed by atoms with E-state index in [4.69, 9.17) is 0 Å². The van der Waals surface area contributed by atoms with Crippen LogP contribution in [-0.4, -0.2) is 57.0 Å². The summed E-state index contributed by atoms with van der Waals surface area (Å²) in [7, 11) is 7.94. The zero-order chi connectivity index (χ0) is 13.5. The highest BCUT2D eigenvalue weighted by Crippen LogP contribution is 2.09. The molecule has 1 aromatic rings. The molecule has 0 aromatic heterocycles. The van der Waals surface area contributed by atoms with E-state index in [0.29, 0.717) is 0 Å². The summed E-state index contributed by atoms with van der Waals surface area (Å²) in [4.78, 5) is 16.3. The summed E-state index contributed by atoms with van der Waals surface area (Å²) in [5, 5.41) is 2.96. The van der Waals surface area contributed by atoms with Crippen LogP contribution < -0.4 is 5.32 Å². The Bertz CT molecular complexity index is 353. The lowest BCUT2D eigenvalue weighted by Crippen LogP contribution is -2.38. The highest BCUT2D eigenvalue weighted by molar-refractivity contribution is 5.92. The molecule has 18 heavy (non-hydrogen) atoms. The van der Waals surface area contributed by atoms with Crippen LogP contribution in [0.4, 0.5) is 5.69 Å². The fourth-order valence-corrected chi connectivity index (χ4v) is 1.87. The molecule has 4 nitrogen and oxygen atoms in total. The summed E-state index contributed by atoms with van der Waals surface area (Å²) in [6, 6.07) is 9.58. The number of amides is 1. The van der Waals surface area contributed by atoms with Gasteiger partial charge in [0.25, 0.3) is 0 Å². The maximum Gasteiger partial charge on any atom is 0.230 e. The summed E-state index contributed by atoms with van der Waals surface area (Å²) in [5.74, 6) is 0.0406. The van der Waals surface area contributed by atoms with E-state index in [1.807, 2.05) is 68.3 Å². The molecule has 0 saturated heterocycles. The predicted molar refractivity (Wildman–Crippen MR) is 75.7 cm³/mol. The van der Waals surface area contributed by atoms with E-state index >= 15 is 0 Å². The Morgan fingerprint density at radius 3 is 2.00 bits per heavy atom. The quantitative estimate of drug-likeness (QED) is 0.827. The van der Waals surface area contributed by atoms with Gasteiger partial charge in [-0.2, -0.15) is 0 Å². The van der Waals surface area contributed by atoms with Crippen LogP contribution >= 0.6 is 0 Å². The van der Waals surface area contributed by atoms with E-state index in [9.17, 15) is 4.79 Å². The topological polar surface area (TPSA) is 35.6 Å². The Labute approximate surface area is 110 Å². The molecule has 0 aliphatic heterocycles. The van der Waals surface area contributed by atoms with Crippen molar-refractivity contribution in [1.29, 1.82) is 0 Å². The van der Waals surface area contributed by atoms with Crippen LogP contribution in [0.15, 0.2) is 30.3 Å². The number of anilines is 1. The van der Waals surface area contributed by atoms with Gasteiger partial charge in [0, 0.05) is 18.8 Å². The molecule has 0 spiro atoms. The molecule has 100 valence electrons. The van der Waals surface area contributed by atoms with Gasteiger partial charge in [-0.25, -0.2) is 0 Å². The number of carbonyl (C=O) groups is 1. The van der Waals surface area contributed by atoms with Crippen molar-refractivity contribution in [3.05, 3.63) is 30.3 Å². The molecular weight excluding hydrogens is 226 g/mol. The van der Waals surface area contributed by atoms with Gasteiger partial charge in [0.15, 0.2) is 0 Å². The first-order chi connectivity index (χ1) is 8.49. The second-order valence-electron chi connectivity index (χ2n) is 5.08. The van der Waals surface area contributed by atoms with Crippen LogP contribution in [0.25, 0.3) is 0 Å². The maximum atomic E-state index is 12.2. The third-order valence-corrected chi connectivity index (χ3v) is 2.58. The van der Waals surface area contributed by atoms with Crippen LogP contribution in [0.5, 0.6) is 0 Å². The van der Waals surface area contributed by atoms with Crippen molar-refractivity contribution in [2.45, 2.75) is 0 Å². The summed E-state index contributed by atoms with van der Waals surface area (Å²) in [5.41, 5.74) is 0.852. The molecule has 0 radical (unpaired) electrons. The summed E-state index contributed by atoms with van der Waals surface area (Å²) >= 11 is 0. The van der Waals surface area contributed by atoms with Crippen LogP contribution in [0.3, 0.4) is 0 Å². The number of para-hydroxylation sites is 1. The average molecular weight is 249 g/mol. The molecule has 0 aliphatic rings. The standard InChI is InChI=1S/C14H23N3O/c1-16(2)10-12(11-17(3)4)14(18)15-13-8-6-5-7-9-13/h5-9,12H,10-11H2,1-4H3,(H,15,18). The van der Waals surface area contributed by atoms with Gasteiger partial charge < -0.3 is 15.1 Å². The van der Waals surface area contributed by atoms with Crippen molar-refractivity contribution in [2.24, 2.45) is 5.92 Å². The molecule has 1 N–H and O–H groups in total. The lowest BCUT2D eigenvalue weighted by molar-refractivity contribution is -0.120. The summed E-state index contributed by atoms with van der Waals surface area (Å²) in [6.07, 6.45) is 0. The maximum absolute atomic E-state index is 12.2. The highest BCUT2D eigenvalue weighted by Gasteiger charge is 2.20. The van der Waals surface area contributed by atoms with Crippen LogP contribution in [-0.2, 0) is 4.79 Å². The van der Waals surface area contributed by atoms with Crippen LogP contribution in [0, 0.1) is 5.92 Å². The largest absolute Gasteiger partial charge is 0.326 e. The molecular formula is C14H23N3O. The fourth-order valence-electron chi connectivity index (χ4n) is 1.87. The van der Waals surface area contributed by atoms with Crippen molar-refractivity contribution in [3.63, 3.8) is 0 Å². The molecule has 0 heterocycles. The molecule has 1 amide bonds. The first-order valence-corrected chi connectivity index (χ1v) is 6.14. The van der Waals surface area contributed by atoms with Gasteiger partial charge >= 0.3 is 0 Å². The Kier molecular flexibility index (Phi) is 5.82. The highest BCUT2D eigenvalue weighted by atomic mass is 16.1. The molecule has 0 atom stereocenters. The van der Waals surface area contributed by atoms with Gasteiger partial charge in [-0.15, -0.1) is 0 Å². The van der Waals surface area contributed by atoms with Gasteiger partial charge in [0.2, 0.25) is 5.91 Å². The summed E-state index contributed by atoms with van der Waals surface area (Å²) < 4.78 is 0. The zero-order valence-corrected chi connectivity index (χ0v) is 11.7. The van der Waals surface area contributed by atoms with Gasteiger partial charge in [-0.05, 0) is 40.3 Å². The predicted octanol–water partition coefficient (Wildman–Crippen LogP) is 1.36. The van der Waals surface area contributed by atoms with Gasteiger partial charge in [0.1, 0.15) is 0 Å². The molecule has 0 aliphatic carbocycles. The SMILES string of the molecule is CN(C)CC(CN(C)C)C(=O)Nc1ccccc1. The van der Waals surface area contributed by atoms with Crippen LogP contribution in [0.1, 0.15) is 0 Å². The van der Waals surface area contributed by atoms with Crippen molar-refractivity contribution < 1.29 is 4.79 Å². The van der Waals surface area contributed by atoms with E-state index in [-0.39, 0.29) is 11.8 Å². The number of nitrogens with one attached hydrogen (secondary N) is 1. The molecule has 0 saturated carbocycles. The number of carbonyl (C=O) groups excluding carboxylic acids is 1. The Morgan fingerprint density at radius 2 is 1.56 bits per heavy atom. The Hall–Kier alpha value is -1.39. The fraction of sp³-hybridized carbons (Fsp3) is 0.500. The van der Waals surface area contributed by atoms with E-state index in [2.05, 4.69) is 5.32 Å². The zero-order valence-electron chi connectivity index (χ0n) is 11.7. The number of rotatable bonds is 6. The molecule has 0 fully saturated rings. The van der Waals surface area contributed by atoms with Crippen molar-refractivity contribution >= 4 is 11.6 Å².